The lowest BCUT2D eigenvalue weighted by atomic mass is 9.73. The number of carbonyl (C=O) groups excluding carboxylic acids is 1. The Morgan fingerprint density at radius 3 is 2.47 bits per heavy atom. The third-order valence-corrected chi connectivity index (χ3v) is 12.8. The van der Waals surface area contributed by atoms with Crippen LogP contribution in [0.15, 0.2) is 42.5 Å². The minimum absolute atomic E-state index is 0.0105. The van der Waals surface area contributed by atoms with Gasteiger partial charge in [0.25, 0.3) is 12.3 Å². The van der Waals surface area contributed by atoms with Gasteiger partial charge in [-0.05, 0) is 73.4 Å². The van der Waals surface area contributed by atoms with Gasteiger partial charge in [-0.1, -0.05) is 23.6 Å². The van der Waals surface area contributed by atoms with Crippen LogP contribution in [-0.4, -0.2) is 75.3 Å². The molecule has 9 rings (SSSR count). The summed E-state index contributed by atoms with van der Waals surface area (Å²) in [6.07, 6.45) is -2.41. The van der Waals surface area contributed by atoms with Gasteiger partial charge in [0.1, 0.15) is 35.3 Å². The summed E-state index contributed by atoms with van der Waals surface area (Å²) in [5.41, 5.74) is -2.46. The normalized spacial score (nSPS) is 24.0. The molecule has 3 N–H and O–H groups in total. The first-order valence-electron chi connectivity index (χ1n) is 19.5. The van der Waals surface area contributed by atoms with Gasteiger partial charge in [-0.3, -0.25) is 18.9 Å². The lowest BCUT2D eigenvalue weighted by molar-refractivity contribution is -0.123. The summed E-state index contributed by atoms with van der Waals surface area (Å²) in [6.45, 7) is -0.729. The number of halogens is 7. The van der Waals surface area contributed by atoms with Crippen molar-refractivity contribution in [3.8, 4) is 23.0 Å². The van der Waals surface area contributed by atoms with Crippen LogP contribution in [0.3, 0.4) is 0 Å². The zero-order valence-electron chi connectivity index (χ0n) is 32.7. The average molecular weight is 904 g/mol. The summed E-state index contributed by atoms with van der Waals surface area (Å²) in [6, 6.07) is 7.48. The molecule has 6 atom stereocenters. The first-order valence-corrected chi connectivity index (χ1v) is 21.7. The standard InChI is InChI=1S/C41H36ClF6N7O6S/c1-54-35-24(6-8-28(42)32(35)38(52-54)53-62(2,58)59)23-4-3-22(9-11-40(57)18-61-39-27(40)10-12-60-39)49-33(23)29(15-19-13-20(43)16-21(44)14-19)50-30(56)17-55-36-31(34(51-55)37(45)46)25-5-7-26(25)41(36,47)48/h3-4,6,8,13-14,16,25-27,29,37,39,57H,5,7,10,12,15,17-18H2,1-2H3,(H,50,56)(H,52,53)/t25-,26+,27+,29-,39+,40?/m0/s1. The van der Waals surface area contributed by atoms with Crippen LogP contribution >= 0.6 is 11.6 Å². The van der Waals surface area contributed by atoms with Crippen LogP contribution in [0.4, 0.5) is 32.2 Å². The molecule has 4 aliphatic rings. The van der Waals surface area contributed by atoms with Crippen LogP contribution in [0.5, 0.6) is 0 Å². The van der Waals surface area contributed by atoms with Crippen molar-refractivity contribution >= 4 is 44.3 Å². The van der Waals surface area contributed by atoms with Gasteiger partial charge in [0, 0.05) is 35.7 Å². The lowest BCUT2D eigenvalue weighted by Crippen LogP contribution is -2.36. The average Bonchev–Trinajstić information content (AvgIpc) is 3.95. The summed E-state index contributed by atoms with van der Waals surface area (Å²) in [5.74, 6) is -3.27. The van der Waals surface area contributed by atoms with Crippen LogP contribution in [0.2, 0.25) is 5.02 Å². The van der Waals surface area contributed by atoms with Gasteiger partial charge in [0.15, 0.2) is 17.7 Å². The second-order valence-corrected chi connectivity index (χ2v) is 18.2. The highest BCUT2D eigenvalue weighted by molar-refractivity contribution is 7.92. The number of aryl methyl sites for hydroxylation is 1. The SMILES string of the molecule is Cn1nc(NS(C)(=O)=O)c2c(Cl)ccc(-c3ccc(C#CC4(O)CO[C@H]5OCC[C@H]54)nc3[C@H](Cc3cc(F)cc(F)c3)NC(=O)Cn3nc(C(F)F)c4c3C(F)(F)[C@@H]3CC[C@H]43)c21. The van der Waals surface area contributed by atoms with E-state index >= 15 is 8.78 Å². The number of aromatic nitrogens is 5. The van der Waals surface area contributed by atoms with Gasteiger partial charge >= 0.3 is 0 Å². The molecule has 5 heterocycles. The number of nitrogens with one attached hydrogen (secondary N) is 2. The quantitative estimate of drug-likeness (QED) is 0.109. The number of carbonyl (C=O) groups is 1. The number of nitrogens with zero attached hydrogens (tertiary/aromatic N) is 5. The van der Waals surface area contributed by atoms with E-state index in [1.54, 1.807) is 12.1 Å². The third kappa shape index (κ3) is 7.36. The maximum Gasteiger partial charge on any atom is 0.293 e. The van der Waals surface area contributed by atoms with E-state index in [1.165, 1.54) is 23.9 Å². The Bertz CT molecular complexity index is 2830. The molecule has 2 saturated heterocycles. The number of fused-ring (bicyclic) bond motifs is 5. The van der Waals surface area contributed by atoms with Crippen molar-refractivity contribution in [2.75, 3.05) is 24.2 Å². The Morgan fingerprint density at radius 1 is 1.03 bits per heavy atom. The van der Waals surface area contributed by atoms with Crippen molar-refractivity contribution in [3.63, 3.8) is 0 Å². The van der Waals surface area contributed by atoms with Crippen LogP contribution in [0.1, 0.15) is 71.6 Å². The smallest absolute Gasteiger partial charge is 0.293 e. The van der Waals surface area contributed by atoms with Crippen molar-refractivity contribution in [2.24, 2.45) is 18.9 Å². The summed E-state index contributed by atoms with van der Waals surface area (Å²) in [7, 11) is -2.33. The number of benzene rings is 2. The number of hydrogen-bond donors (Lipinski definition) is 3. The van der Waals surface area contributed by atoms with E-state index in [2.05, 4.69) is 32.1 Å². The van der Waals surface area contributed by atoms with Crippen LogP contribution in [0.25, 0.3) is 22.0 Å². The molecule has 0 spiro atoms. The largest absolute Gasteiger partial charge is 0.375 e. The minimum atomic E-state index is -3.85. The predicted octanol–water partition coefficient (Wildman–Crippen LogP) is 6.25. The summed E-state index contributed by atoms with van der Waals surface area (Å²) in [5, 5.41) is 22.6. The molecule has 62 heavy (non-hydrogen) atoms. The highest BCUT2D eigenvalue weighted by Gasteiger charge is 2.62. The third-order valence-electron chi connectivity index (χ3n) is 11.9. The van der Waals surface area contributed by atoms with Gasteiger partial charge in [-0.15, -0.1) is 0 Å². The molecule has 3 aromatic heterocycles. The molecule has 0 bridgehead atoms. The minimum Gasteiger partial charge on any atom is -0.375 e. The number of rotatable bonds is 10. The fraction of sp³-hybridized carbons (Fsp3) is 0.415. The van der Waals surface area contributed by atoms with Crippen molar-refractivity contribution in [2.45, 2.75) is 68.4 Å². The number of ether oxygens (including phenoxy) is 2. The Labute approximate surface area is 354 Å². The molecule has 0 radical (unpaired) electrons. The Kier molecular flexibility index (Phi) is 10.4. The Morgan fingerprint density at radius 2 is 1.77 bits per heavy atom. The van der Waals surface area contributed by atoms with Crippen molar-refractivity contribution in [1.82, 2.24) is 29.9 Å². The van der Waals surface area contributed by atoms with E-state index in [1.807, 2.05) is 0 Å². The van der Waals surface area contributed by atoms with Crippen molar-refractivity contribution in [3.05, 3.63) is 93.0 Å². The van der Waals surface area contributed by atoms with Crippen LogP contribution in [-0.2, 0) is 50.2 Å². The molecular weight excluding hydrogens is 868 g/mol. The van der Waals surface area contributed by atoms with E-state index in [-0.39, 0.29) is 70.2 Å². The fourth-order valence-corrected chi connectivity index (χ4v) is 9.92. The van der Waals surface area contributed by atoms with E-state index < -0.39 is 93.5 Å². The van der Waals surface area contributed by atoms with Crippen molar-refractivity contribution in [1.29, 1.82) is 0 Å². The second kappa shape index (κ2) is 15.3. The molecule has 1 saturated carbocycles. The molecule has 21 heteroatoms. The molecule has 2 aliphatic carbocycles. The Balaban J connectivity index is 1.19. The first-order chi connectivity index (χ1) is 29.3. The number of pyridine rings is 1. The number of aliphatic hydroxyl groups is 1. The maximum atomic E-state index is 15.7. The number of amides is 1. The monoisotopic (exact) mass is 903 g/mol. The number of sulfonamides is 1. The Hall–Kier alpha value is -5.20. The zero-order valence-corrected chi connectivity index (χ0v) is 34.3. The predicted molar refractivity (Wildman–Crippen MR) is 211 cm³/mol. The first kappa shape index (κ1) is 42.1. The van der Waals surface area contributed by atoms with Gasteiger partial charge in [0.2, 0.25) is 15.9 Å². The number of alkyl halides is 4. The molecule has 326 valence electrons. The summed E-state index contributed by atoms with van der Waals surface area (Å²) in [4.78, 5) is 19.0. The topological polar surface area (TPSA) is 162 Å². The van der Waals surface area contributed by atoms with Gasteiger partial charge in [0.05, 0.1) is 53.0 Å². The molecule has 2 aromatic carbocycles. The fourth-order valence-electron chi connectivity index (χ4n) is 9.19. The van der Waals surface area contributed by atoms with Gasteiger partial charge in [-0.2, -0.15) is 19.0 Å². The molecule has 2 aliphatic heterocycles. The van der Waals surface area contributed by atoms with E-state index in [4.69, 9.17) is 26.1 Å². The van der Waals surface area contributed by atoms with E-state index in [9.17, 15) is 35.9 Å². The molecule has 5 aromatic rings. The zero-order chi connectivity index (χ0) is 44.0. The lowest BCUT2D eigenvalue weighted by Gasteiger charge is -2.34. The molecule has 13 nitrogen and oxygen atoms in total. The second-order valence-electron chi connectivity index (χ2n) is 16.0. The van der Waals surface area contributed by atoms with Crippen LogP contribution in [0, 0.1) is 35.3 Å². The molecule has 1 unspecified atom stereocenters. The van der Waals surface area contributed by atoms with Gasteiger partial charge in [-0.25, -0.2) is 31.0 Å². The number of hydrogen-bond acceptors (Lipinski definition) is 9. The summed E-state index contributed by atoms with van der Waals surface area (Å²) < 4.78 is 130. The van der Waals surface area contributed by atoms with Crippen molar-refractivity contribution < 1.29 is 54.1 Å². The molecule has 3 fully saturated rings. The maximum absolute atomic E-state index is 15.7. The highest BCUT2D eigenvalue weighted by Crippen LogP contribution is 2.63. The van der Waals surface area contributed by atoms with E-state index in [0.717, 1.165) is 18.4 Å². The highest BCUT2D eigenvalue weighted by atomic mass is 35.5. The molecular formula is C41H36ClF6N7O6S. The van der Waals surface area contributed by atoms with Crippen LogP contribution < -0.4 is 10.0 Å². The summed E-state index contributed by atoms with van der Waals surface area (Å²) >= 11 is 6.63. The van der Waals surface area contributed by atoms with Gasteiger partial charge < -0.3 is 19.9 Å². The number of anilines is 1. The van der Waals surface area contributed by atoms with E-state index in [0.29, 0.717) is 34.9 Å². The molecule has 1 amide bonds.